The molecule has 0 unspecified atom stereocenters. The summed E-state index contributed by atoms with van der Waals surface area (Å²) in [5, 5.41) is 0. The molecular weight excluding hydrogens is 206 g/mol. The summed E-state index contributed by atoms with van der Waals surface area (Å²) >= 11 is 0. The van der Waals surface area contributed by atoms with E-state index in [0.29, 0.717) is 0 Å². The van der Waals surface area contributed by atoms with Gasteiger partial charge in [-0.05, 0) is 30.5 Å². The molecule has 0 atom stereocenters. The lowest BCUT2D eigenvalue weighted by molar-refractivity contribution is 1.06. The molecule has 1 nitrogen and oxygen atoms in total. The summed E-state index contributed by atoms with van der Waals surface area (Å²) in [6.45, 7) is 4.95. The van der Waals surface area contributed by atoms with Crippen LogP contribution in [0.3, 0.4) is 0 Å². The summed E-state index contributed by atoms with van der Waals surface area (Å²) in [4.78, 5) is 4.64. The minimum atomic E-state index is 0.751. The van der Waals surface area contributed by atoms with E-state index in [2.05, 4.69) is 55.2 Å². The third-order valence-corrected chi connectivity index (χ3v) is 2.88. The van der Waals surface area contributed by atoms with Crippen LogP contribution in [0.15, 0.2) is 59.6 Å². The van der Waals surface area contributed by atoms with E-state index in [9.17, 15) is 0 Å². The molecule has 0 aliphatic carbocycles. The molecule has 0 bridgehead atoms. The van der Waals surface area contributed by atoms with Crippen molar-refractivity contribution in [1.29, 1.82) is 0 Å². The lowest BCUT2D eigenvalue weighted by atomic mass is 10.1. The Bertz CT molecular complexity index is 512. The molecule has 2 aromatic carbocycles. The van der Waals surface area contributed by atoms with Gasteiger partial charge in [-0.2, -0.15) is 0 Å². The van der Waals surface area contributed by atoms with Gasteiger partial charge in [-0.3, -0.25) is 4.99 Å². The zero-order valence-electron chi connectivity index (χ0n) is 10.4. The molecule has 0 N–H and O–H groups in total. The van der Waals surface area contributed by atoms with E-state index in [1.165, 1.54) is 16.7 Å². The summed E-state index contributed by atoms with van der Waals surface area (Å²) in [6, 6.07) is 18.7. The van der Waals surface area contributed by atoms with Crippen molar-refractivity contribution < 1.29 is 0 Å². The molecule has 0 fully saturated rings. The van der Waals surface area contributed by atoms with Crippen LogP contribution in [-0.2, 0) is 6.54 Å². The molecule has 86 valence electrons. The predicted molar refractivity (Wildman–Crippen MR) is 73.5 cm³/mol. The van der Waals surface area contributed by atoms with Gasteiger partial charge in [0.05, 0.1) is 6.54 Å². The highest BCUT2D eigenvalue weighted by Gasteiger charge is 2.00. The number of rotatable bonds is 3. The number of benzene rings is 2. The van der Waals surface area contributed by atoms with E-state index in [4.69, 9.17) is 0 Å². The Kier molecular flexibility index (Phi) is 3.71. The molecule has 2 aromatic rings. The Morgan fingerprint density at radius 3 is 2.29 bits per heavy atom. The van der Waals surface area contributed by atoms with E-state index in [1.54, 1.807) is 0 Å². The highest BCUT2D eigenvalue weighted by molar-refractivity contribution is 5.99. The first-order valence-corrected chi connectivity index (χ1v) is 5.88. The molecule has 0 spiro atoms. The second-order valence-corrected chi connectivity index (χ2v) is 4.20. The molecule has 0 saturated carbocycles. The molecule has 0 amide bonds. The average Bonchev–Trinajstić information content (AvgIpc) is 2.38. The normalized spacial score (nSPS) is 11.5. The molecular formula is C16H17N. The van der Waals surface area contributed by atoms with Crippen molar-refractivity contribution in [2.45, 2.75) is 20.4 Å². The van der Waals surface area contributed by atoms with E-state index in [-0.39, 0.29) is 0 Å². The fraction of sp³-hybridized carbons (Fsp3) is 0.188. The van der Waals surface area contributed by atoms with Gasteiger partial charge in [-0.1, -0.05) is 54.6 Å². The zero-order valence-corrected chi connectivity index (χ0v) is 10.4. The Morgan fingerprint density at radius 2 is 1.59 bits per heavy atom. The van der Waals surface area contributed by atoms with Gasteiger partial charge in [0, 0.05) is 5.71 Å². The van der Waals surface area contributed by atoms with Crippen LogP contribution in [0.2, 0.25) is 0 Å². The van der Waals surface area contributed by atoms with Crippen LogP contribution in [0.25, 0.3) is 0 Å². The second-order valence-electron chi connectivity index (χ2n) is 4.20. The minimum Gasteiger partial charge on any atom is -0.285 e. The molecule has 0 heterocycles. The number of aryl methyl sites for hydroxylation is 1. The van der Waals surface area contributed by atoms with Crippen molar-refractivity contribution in [2.75, 3.05) is 0 Å². The Hall–Kier alpha value is -1.89. The average molecular weight is 223 g/mol. The van der Waals surface area contributed by atoms with E-state index < -0.39 is 0 Å². The highest BCUT2D eigenvalue weighted by Crippen LogP contribution is 2.09. The van der Waals surface area contributed by atoms with Crippen molar-refractivity contribution in [3.8, 4) is 0 Å². The van der Waals surface area contributed by atoms with Crippen molar-refractivity contribution in [2.24, 2.45) is 4.99 Å². The highest BCUT2D eigenvalue weighted by atomic mass is 14.7. The smallest absolute Gasteiger partial charge is 0.0643 e. The fourth-order valence-electron chi connectivity index (χ4n) is 1.86. The molecule has 0 aliphatic heterocycles. The van der Waals surface area contributed by atoms with Crippen molar-refractivity contribution in [3.63, 3.8) is 0 Å². The first-order valence-electron chi connectivity index (χ1n) is 5.88. The number of nitrogens with zero attached hydrogens (tertiary/aromatic N) is 1. The van der Waals surface area contributed by atoms with E-state index >= 15 is 0 Å². The summed E-state index contributed by atoms with van der Waals surface area (Å²) in [6.07, 6.45) is 0. The van der Waals surface area contributed by atoms with Gasteiger partial charge in [0.15, 0.2) is 0 Å². The lowest BCUT2D eigenvalue weighted by Crippen LogP contribution is -1.98. The standard InChI is InChI=1S/C16H17N/c1-13-8-6-7-11-16(13)14(2)17-12-15-9-4-3-5-10-15/h3-11H,12H2,1-2H3. The molecule has 0 aromatic heterocycles. The quantitative estimate of drug-likeness (QED) is 0.697. The topological polar surface area (TPSA) is 12.4 Å². The van der Waals surface area contributed by atoms with Crippen LogP contribution >= 0.6 is 0 Å². The Morgan fingerprint density at radius 1 is 0.941 bits per heavy atom. The van der Waals surface area contributed by atoms with Crippen LogP contribution in [0, 0.1) is 6.92 Å². The summed E-state index contributed by atoms with van der Waals surface area (Å²) in [7, 11) is 0. The van der Waals surface area contributed by atoms with Gasteiger partial charge in [0.25, 0.3) is 0 Å². The van der Waals surface area contributed by atoms with E-state index in [1.807, 2.05) is 18.2 Å². The minimum absolute atomic E-state index is 0.751. The van der Waals surface area contributed by atoms with Crippen LogP contribution in [0.4, 0.5) is 0 Å². The Labute approximate surface area is 103 Å². The van der Waals surface area contributed by atoms with E-state index in [0.717, 1.165) is 12.3 Å². The van der Waals surface area contributed by atoms with Crippen LogP contribution in [-0.4, -0.2) is 5.71 Å². The lowest BCUT2D eigenvalue weighted by Gasteiger charge is -2.05. The maximum Gasteiger partial charge on any atom is 0.0643 e. The van der Waals surface area contributed by atoms with Crippen LogP contribution in [0.5, 0.6) is 0 Å². The number of aliphatic imine (C=N–C) groups is 1. The maximum atomic E-state index is 4.64. The SMILES string of the molecule is CC(=NCc1ccccc1)c1ccccc1C. The molecule has 17 heavy (non-hydrogen) atoms. The van der Waals surface area contributed by atoms with Gasteiger partial charge in [0.2, 0.25) is 0 Å². The molecule has 1 heteroatoms. The first-order chi connectivity index (χ1) is 8.27. The van der Waals surface area contributed by atoms with Gasteiger partial charge in [-0.25, -0.2) is 0 Å². The van der Waals surface area contributed by atoms with Crippen molar-refractivity contribution in [1.82, 2.24) is 0 Å². The van der Waals surface area contributed by atoms with Gasteiger partial charge < -0.3 is 0 Å². The molecule has 0 radical (unpaired) electrons. The largest absolute Gasteiger partial charge is 0.285 e. The first kappa shape index (κ1) is 11.6. The third-order valence-electron chi connectivity index (χ3n) is 2.88. The Balaban J connectivity index is 2.16. The number of hydrogen-bond acceptors (Lipinski definition) is 1. The van der Waals surface area contributed by atoms with Crippen molar-refractivity contribution in [3.05, 3.63) is 71.3 Å². The molecule has 2 rings (SSSR count). The summed E-state index contributed by atoms with van der Waals surface area (Å²) in [5.74, 6) is 0. The van der Waals surface area contributed by atoms with Crippen LogP contribution < -0.4 is 0 Å². The number of hydrogen-bond donors (Lipinski definition) is 0. The molecule has 0 aliphatic rings. The molecule has 0 saturated heterocycles. The maximum absolute atomic E-state index is 4.64. The van der Waals surface area contributed by atoms with Crippen LogP contribution in [0.1, 0.15) is 23.6 Å². The monoisotopic (exact) mass is 223 g/mol. The third kappa shape index (κ3) is 3.04. The van der Waals surface area contributed by atoms with Gasteiger partial charge >= 0.3 is 0 Å². The second kappa shape index (κ2) is 5.44. The fourth-order valence-corrected chi connectivity index (χ4v) is 1.86. The van der Waals surface area contributed by atoms with Crippen molar-refractivity contribution >= 4 is 5.71 Å². The van der Waals surface area contributed by atoms with Gasteiger partial charge in [-0.15, -0.1) is 0 Å². The predicted octanol–water partition coefficient (Wildman–Crippen LogP) is 4.00. The summed E-state index contributed by atoms with van der Waals surface area (Å²) < 4.78 is 0. The van der Waals surface area contributed by atoms with Gasteiger partial charge in [0.1, 0.15) is 0 Å². The zero-order chi connectivity index (χ0) is 12.1. The summed E-state index contributed by atoms with van der Waals surface area (Å²) in [5.41, 5.74) is 4.87.